The molecule has 0 aliphatic heterocycles. The maximum Gasteiger partial charge on any atom is 0.0873 e. The van der Waals surface area contributed by atoms with Gasteiger partial charge in [-0.1, -0.05) is 12.1 Å². The summed E-state index contributed by atoms with van der Waals surface area (Å²) in [6.07, 6.45) is 0.819. The van der Waals surface area contributed by atoms with Crippen LogP contribution >= 0.6 is 0 Å². The van der Waals surface area contributed by atoms with E-state index in [1.165, 1.54) is 5.56 Å². The highest BCUT2D eigenvalue weighted by Crippen LogP contribution is 2.27. The smallest absolute Gasteiger partial charge is 0.0873 e. The van der Waals surface area contributed by atoms with Gasteiger partial charge in [0.25, 0.3) is 0 Å². The highest BCUT2D eigenvalue weighted by Gasteiger charge is 2.27. The van der Waals surface area contributed by atoms with Crippen LogP contribution in [-0.4, -0.2) is 24.4 Å². The Morgan fingerprint density at radius 3 is 2.93 bits per heavy atom. The number of benzene rings is 1. The number of aliphatic hydroxyl groups is 1. The lowest BCUT2D eigenvalue weighted by atomic mass is 9.87. The first-order valence-electron chi connectivity index (χ1n) is 4.79. The molecule has 3 N–H and O–H groups in total. The molecule has 0 radical (unpaired) electrons. The van der Waals surface area contributed by atoms with Crippen molar-refractivity contribution < 1.29 is 9.84 Å². The molecule has 1 aliphatic rings. The molecule has 3 nitrogen and oxygen atoms in total. The lowest BCUT2D eigenvalue weighted by Gasteiger charge is -2.29. The van der Waals surface area contributed by atoms with Gasteiger partial charge in [-0.05, 0) is 17.2 Å². The monoisotopic (exact) mass is 193 g/mol. The average molecular weight is 193 g/mol. The molecule has 0 heterocycles. The Morgan fingerprint density at radius 1 is 1.43 bits per heavy atom. The number of nitrogens with two attached hydrogens (primary N) is 1. The zero-order chi connectivity index (χ0) is 10.1. The normalized spacial score (nSPS) is 25.9. The second-order valence-electron chi connectivity index (χ2n) is 3.73. The number of rotatable bonds is 1. The summed E-state index contributed by atoms with van der Waals surface area (Å²) in [5, 5.41) is 9.76. The highest BCUT2D eigenvalue weighted by atomic mass is 16.5. The largest absolute Gasteiger partial charge is 0.398 e. The first-order chi connectivity index (χ1) is 6.72. The predicted octanol–water partition coefficient (Wildman–Crippen LogP) is 0.743. The Kier molecular flexibility index (Phi) is 2.44. The van der Waals surface area contributed by atoms with Crippen LogP contribution in [0.5, 0.6) is 0 Å². The molecule has 1 aromatic rings. The van der Waals surface area contributed by atoms with Crippen molar-refractivity contribution >= 4 is 5.69 Å². The number of anilines is 1. The molecule has 3 heteroatoms. The topological polar surface area (TPSA) is 55.5 Å². The standard InChI is InChI=1S/C11H15NO2/c1-14-11-5-7-3-2-4-9(12)8(7)6-10(11)13/h2-4,10-11,13H,5-6,12H2,1H3/t10-,11-/m1/s1. The number of fused-ring (bicyclic) bond motifs is 1. The molecule has 1 aliphatic carbocycles. The van der Waals surface area contributed by atoms with Gasteiger partial charge in [-0.3, -0.25) is 0 Å². The van der Waals surface area contributed by atoms with Crippen molar-refractivity contribution in [2.45, 2.75) is 25.0 Å². The number of methoxy groups -OCH3 is 1. The Labute approximate surface area is 83.5 Å². The molecular formula is C11H15NO2. The van der Waals surface area contributed by atoms with Gasteiger partial charge in [0.1, 0.15) is 0 Å². The van der Waals surface area contributed by atoms with E-state index in [1.54, 1.807) is 7.11 Å². The van der Waals surface area contributed by atoms with Gasteiger partial charge in [0.05, 0.1) is 12.2 Å². The molecule has 1 aromatic carbocycles. The summed E-state index contributed by atoms with van der Waals surface area (Å²) in [5.74, 6) is 0. The zero-order valence-corrected chi connectivity index (χ0v) is 8.23. The van der Waals surface area contributed by atoms with Gasteiger partial charge < -0.3 is 15.6 Å². The summed E-state index contributed by atoms with van der Waals surface area (Å²) in [4.78, 5) is 0. The minimum atomic E-state index is -0.433. The maximum absolute atomic E-state index is 9.76. The number of aliphatic hydroxyl groups excluding tert-OH is 1. The molecule has 0 spiro atoms. The average Bonchev–Trinajstić information content (AvgIpc) is 2.19. The Bertz CT molecular complexity index is 338. The summed E-state index contributed by atoms with van der Waals surface area (Å²) in [5.41, 5.74) is 8.89. The molecule has 0 fully saturated rings. The Hall–Kier alpha value is -1.06. The lowest BCUT2D eigenvalue weighted by Crippen LogP contribution is -2.36. The van der Waals surface area contributed by atoms with Crippen LogP contribution in [0.3, 0.4) is 0 Å². The van der Waals surface area contributed by atoms with Gasteiger partial charge in [0.2, 0.25) is 0 Å². The van der Waals surface area contributed by atoms with Gasteiger partial charge in [-0.25, -0.2) is 0 Å². The highest BCUT2D eigenvalue weighted by molar-refractivity contribution is 5.52. The molecule has 0 bridgehead atoms. The van der Waals surface area contributed by atoms with E-state index >= 15 is 0 Å². The minimum absolute atomic E-state index is 0.0932. The first kappa shape index (κ1) is 9.49. The van der Waals surface area contributed by atoms with Crippen LogP contribution in [0, 0.1) is 0 Å². The Morgan fingerprint density at radius 2 is 2.21 bits per heavy atom. The van der Waals surface area contributed by atoms with Crippen molar-refractivity contribution in [3.05, 3.63) is 29.3 Å². The molecule has 0 unspecified atom stereocenters. The van der Waals surface area contributed by atoms with Gasteiger partial charge in [0.15, 0.2) is 0 Å². The van der Waals surface area contributed by atoms with Crippen LogP contribution < -0.4 is 5.73 Å². The van der Waals surface area contributed by atoms with Gasteiger partial charge in [0, 0.05) is 25.6 Å². The molecule has 2 atom stereocenters. The molecule has 0 saturated heterocycles. The lowest BCUT2D eigenvalue weighted by molar-refractivity contribution is -0.0160. The summed E-state index contributed by atoms with van der Waals surface area (Å²) in [7, 11) is 1.63. The molecule has 14 heavy (non-hydrogen) atoms. The van der Waals surface area contributed by atoms with E-state index in [-0.39, 0.29) is 6.10 Å². The zero-order valence-electron chi connectivity index (χ0n) is 8.23. The van der Waals surface area contributed by atoms with E-state index in [9.17, 15) is 5.11 Å². The molecule has 0 amide bonds. The van der Waals surface area contributed by atoms with Crippen LogP contribution in [0.1, 0.15) is 11.1 Å². The van der Waals surface area contributed by atoms with Crippen LogP contribution in [0.25, 0.3) is 0 Å². The summed E-state index contributed by atoms with van der Waals surface area (Å²) >= 11 is 0. The summed E-state index contributed by atoms with van der Waals surface area (Å²) in [6.45, 7) is 0. The van der Waals surface area contributed by atoms with E-state index in [4.69, 9.17) is 10.5 Å². The second kappa shape index (κ2) is 3.59. The van der Waals surface area contributed by atoms with E-state index < -0.39 is 6.10 Å². The van der Waals surface area contributed by atoms with Crippen LogP contribution in [0.4, 0.5) is 5.69 Å². The first-order valence-corrected chi connectivity index (χ1v) is 4.79. The van der Waals surface area contributed by atoms with Crippen molar-refractivity contribution in [3.63, 3.8) is 0 Å². The van der Waals surface area contributed by atoms with Gasteiger partial charge in [-0.15, -0.1) is 0 Å². The van der Waals surface area contributed by atoms with Crippen molar-refractivity contribution in [2.75, 3.05) is 12.8 Å². The van der Waals surface area contributed by atoms with Gasteiger partial charge >= 0.3 is 0 Å². The molecule has 76 valence electrons. The minimum Gasteiger partial charge on any atom is -0.398 e. The van der Waals surface area contributed by atoms with E-state index in [0.717, 1.165) is 17.7 Å². The number of ether oxygens (including phenoxy) is 1. The third-order valence-electron chi connectivity index (χ3n) is 2.88. The van der Waals surface area contributed by atoms with Crippen LogP contribution in [0.15, 0.2) is 18.2 Å². The van der Waals surface area contributed by atoms with Crippen LogP contribution in [0.2, 0.25) is 0 Å². The summed E-state index contributed by atoms with van der Waals surface area (Å²) in [6, 6.07) is 5.86. The maximum atomic E-state index is 9.76. The fraction of sp³-hybridized carbons (Fsp3) is 0.455. The fourth-order valence-electron chi connectivity index (χ4n) is 2.03. The number of hydrogen-bond acceptors (Lipinski definition) is 3. The van der Waals surface area contributed by atoms with Crippen molar-refractivity contribution in [3.8, 4) is 0 Å². The summed E-state index contributed by atoms with van der Waals surface area (Å²) < 4.78 is 5.21. The SMILES string of the molecule is CO[C@@H]1Cc2cccc(N)c2C[C@H]1O. The third kappa shape index (κ3) is 1.49. The number of nitrogen functional groups attached to an aromatic ring is 1. The van der Waals surface area contributed by atoms with E-state index in [0.29, 0.717) is 6.42 Å². The molecule has 2 rings (SSSR count). The van der Waals surface area contributed by atoms with Crippen LogP contribution in [-0.2, 0) is 17.6 Å². The second-order valence-corrected chi connectivity index (χ2v) is 3.73. The van der Waals surface area contributed by atoms with Gasteiger partial charge in [-0.2, -0.15) is 0 Å². The Balaban J connectivity index is 2.35. The molecule has 0 saturated carbocycles. The predicted molar refractivity (Wildman–Crippen MR) is 55.1 cm³/mol. The van der Waals surface area contributed by atoms with Crippen molar-refractivity contribution in [2.24, 2.45) is 0 Å². The fourth-order valence-corrected chi connectivity index (χ4v) is 2.03. The number of hydrogen-bond donors (Lipinski definition) is 2. The van der Waals surface area contributed by atoms with Crippen molar-refractivity contribution in [1.29, 1.82) is 0 Å². The molecule has 0 aromatic heterocycles. The third-order valence-corrected chi connectivity index (χ3v) is 2.88. The van der Waals surface area contributed by atoms with E-state index in [2.05, 4.69) is 0 Å². The quantitative estimate of drug-likeness (QED) is 0.647. The molecular weight excluding hydrogens is 178 g/mol. The van der Waals surface area contributed by atoms with E-state index in [1.807, 2.05) is 18.2 Å². The van der Waals surface area contributed by atoms with Crippen molar-refractivity contribution in [1.82, 2.24) is 0 Å².